The van der Waals surface area contributed by atoms with E-state index in [9.17, 15) is 4.79 Å². The van der Waals surface area contributed by atoms with Crippen molar-refractivity contribution in [3.63, 3.8) is 0 Å². The lowest BCUT2D eigenvalue weighted by Gasteiger charge is -2.11. The fourth-order valence-electron chi connectivity index (χ4n) is 1.60. The molecular formula is C15H18N2O3. The minimum absolute atomic E-state index is 0.0719. The molecule has 0 N–H and O–H groups in total. The Labute approximate surface area is 119 Å². The number of carbonyl (C=O) groups excluding carboxylic acids is 1. The van der Waals surface area contributed by atoms with Crippen LogP contribution in [0.15, 0.2) is 23.8 Å². The Morgan fingerprint density at radius 2 is 2.10 bits per heavy atom. The van der Waals surface area contributed by atoms with E-state index < -0.39 is 0 Å². The number of ether oxygens (including phenoxy) is 2. The van der Waals surface area contributed by atoms with Crippen molar-refractivity contribution < 1.29 is 14.3 Å². The molecule has 0 unspecified atom stereocenters. The molecule has 0 aromatic heterocycles. The molecule has 20 heavy (non-hydrogen) atoms. The number of nitrogens with zero attached hydrogens (tertiary/aromatic N) is 2. The van der Waals surface area contributed by atoms with Crippen molar-refractivity contribution in [3.8, 4) is 17.6 Å². The van der Waals surface area contributed by atoms with Gasteiger partial charge in [0.2, 0.25) is 0 Å². The van der Waals surface area contributed by atoms with E-state index in [4.69, 9.17) is 14.7 Å². The molecule has 0 radical (unpaired) electrons. The first-order valence-electron chi connectivity index (χ1n) is 6.17. The molecule has 1 rings (SSSR count). The van der Waals surface area contributed by atoms with Crippen molar-refractivity contribution in [2.24, 2.45) is 0 Å². The second kappa shape index (κ2) is 7.19. The van der Waals surface area contributed by atoms with Gasteiger partial charge in [-0.1, -0.05) is 6.07 Å². The molecule has 0 saturated heterocycles. The SMILES string of the molecule is CCOc1cc(/C=C(\C#N)C(=O)N(C)C)ccc1OC. The highest BCUT2D eigenvalue weighted by Crippen LogP contribution is 2.28. The highest BCUT2D eigenvalue weighted by atomic mass is 16.5. The normalized spacial score (nSPS) is 10.7. The Kier molecular flexibility index (Phi) is 5.60. The zero-order valence-electron chi connectivity index (χ0n) is 12.1. The first-order valence-corrected chi connectivity index (χ1v) is 6.17. The molecule has 5 nitrogen and oxygen atoms in total. The summed E-state index contributed by atoms with van der Waals surface area (Å²) in [4.78, 5) is 13.2. The van der Waals surface area contributed by atoms with Gasteiger partial charge in [0, 0.05) is 14.1 Å². The number of likely N-dealkylation sites (N-methyl/N-ethyl adjacent to an activating group) is 1. The van der Waals surface area contributed by atoms with Crippen molar-refractivity contribution in [3.05, 3.63) is 29.3 Å². The molecule has 0 aliphatic rings. The highest BCUT2D eigenvalue weighted by Gasteiger charge is 2.12. The molecule has 0 bridgehead atoms. The highest BCUT2D eigenvalue weighted by molar-refractivity contribution is 6.01. The lowest BCUT2D eigenvalue weighted by molar-refractivity contribution is -0.124. The number of rotatable bonds is 5. The van der Waals surface area contributed by atoms with Gasteiger partial charge in [0.25, 0.3) is 5.91 Å². The molecular weight excluding hydrogens is 256 g/mol. The van der Waals surface area contributed by atoms with Crippen LogP contribution in [0.3, 0.4) is 0 Å². The van der Waals surface area contributed by atoms with Gasteiger partial charge in [0.1, 0.15) is 11.6 Å². The zero-order valence-corrected chi connectivity index (χ0v) is 12.1. The molecule has 1 aromatic carbocycles. The predicted octanol–water partition coefficient (Wildman–Crippen LogP) is 2.09. The van der Waals surface area contributed by atoms with E-state index in [1.807, 2.05) is 13.0 Å². The van der Waals surface area contributed by atoms with Gasteiger partial charge in [-0.25, -0.2) is 0 Å². The average molecular weight is 274 g/mol. The molecule has 1 aromatic rings. The first kappa shape index (κ1) is 15.6. The third kappa shape index (κ3) is 3.75. The molecule has 0 saturated carbocycles. The van der Waals surface area contributed by atoms with Gasteiger partial charge in [-0.15, -0.1) is 0 Å². The van der Waals surface area contributed by atoms with Crippen LogP contribution in [-0.4, -0.2) is 38.6 Å². The van der Waals surface area contributed by atoms with Crippen LogP contribution in [0.4, 0.5) is 0 Å². The maximum absolute atomic E-state index is 11.8. The second-order valence-electron chi connectivity index (χ2n) is 4.21. The monoisotopic (exact) mass is 274 g/mol. The maximum atomic E-state index is 11.8. The average Bonchev–Trinajstić information content (AvgIpc) is 2.44. The molecule has 0 fully saturated rings. The van der Waals surface area contributed by atoms with Gasteiger partial charge in [0.15, 0.2) is 11.5 Å². The molecule has 0 aliphatic carbocycles. The predicted molar refractivity (Wildman–Crippen MR) is 76.4 cm³/mol. The van der Waals surface area contributed by atoms with E-state index in [0.717, 1.165) is 0 Å². The van der Waals surface area contributed by atoms with Crippen molar-refractivity contribution in [1.82, 2.24) is 4.90 Å². The Morgan fingerprint density at radius 1 is 1.40 bits per heavy atom. The van der Waals surface area contributed by atoms with Gasteiger partial charge in [-0.05, 0) is 30.7 Å². The summed E-state index contributed by atoms with van der Waals surface area (Å²) in [7, 11) is 4.77. The summed E-state index contributed by atoms with van der Waals surface area (Å²) in [5.41, 5.74) is 0.781. The summed E-state index contributed by atoms with van der Waals surface area (Å²) in [6.45, 7) is 2.38. The molecule has 0 heterocycles. The fourth-order valence-corrected chi connectivity index (χ4v) is 1.60. The topological polar surface area (TPSA) is 62.6 Å². The van der Waals surface area contributed by atoms with Crippen molar-refractivity contribution in [2.45, 2.75) is 6.92 Å². The number of carbonyl (C=O) groups is 1. The lowest BCUT2D eigenvalue weighted by atomic mass is 10.1. The number of amides is 1. The minimum atomic E-state index is -0.332. The van der Waals surface area contributed by atoms with Gasteiger partial charge in [0.05, 0.1) is 13.7 Å². The minimum Gasteiger partial charge on any atom is -0.493 e. The smallest absolute Gasteiger partial charge is 0.264 e. The van der Waals surface area contributed by atoms with Crippen molar-refractivity contribution in [1.29, 1.82) is 5.26 Å². The van der Waals surface area contributed by atoms with E-state index in [1.54, 1.807) is 39.4 Å². The number of hydrogen-bond donors (Lipinski definition) is 0. The Bertz CT molecular complexity index is 557. The number of benzene rings is 1. The van der Waals surface area contributed by atoms with E-state index >= 15 is 0 Å². The second-order valence-corrected chi connectivity index (χ2v) is 4.21. The molecule has 0 spiro atoms. The zero-order chi connectivity index (χ0) is 15.1. The van der Waals surface area contributed by atoms with Crippen molar-refractivity contribution >= 4 is 12.0 Å². The number of nitriles is 1. The number of methoxy groups -OCH3 is 1. The molecule has 106 valence electrons. The number of hydrogen-bond acceptors (Lipinski definition) is 4. The molecule has 0 aliphatic heterocycles. The van der Waals surface area contributed by atoms with Crippen LogP contribution >= 0.6 is 0 Å². The Balaban J connectivity index is 3.17. The summed E-state index contributed by atoms with van der Waals surface area (Å²) >= 11 is 0. The quantitative estimate of drug-likeness (QED) is 0.609. The van der Waals surface area contributed by atoms with Crippen LogP contribution in [0, 0.1) is 11.3 Å². The Morgan fingerprint density at radius 3 is 2.60 bits per heavy atom. The third-order valence-electron chi connectivity index (χ3n) is 2.56. The van der Waals surface area contributed by atoms with Gasteiger partial charge >= 0.3 is 0 Å². The lowest BCUT2D eigenvalue weighted by Crippen LogP contribution is -2.22. The summed E-state index contributed by atoms with van der Waals surface area (Å²) in [5, 5.41) is 9.06. The fraction of sp³-hybridized carbons (Fsp3) is 0.333. The van der Waals surface area contributed by atoms with Crippen LogP contribution in [0.25, 0.3) is 6.08 Å². The van der Waals surface area contributed by atoms with Gasteiger partial charge in [-0.2, -0.15) is 5.26 Å². The van der Waals surface area contributed by atoms with E-state index in [1.165, 1.54) is 11.0 Å². The largest absolute Gasteiger partial charge is 0.493 e. The summed E-state index contributed by atoms with van der Waals surface area (Å²) in [5.74, 6) is 0.862. The maximum Gasteiger partial charge on any atom is 0.264 e. The van der Waals surface area contributed by atoms with Gasteiger partial charge < -0.3 is 14.4 Å². The summed E-state index contributed by atoms with van der Waals surface area (Å²) < 4.78 is 10.6. The Hall–Kier alpha value is -2.48. The molecule has 1 amide bonds. The molecule has 0 atom stereocenters. The van der Waals surface area contributed by atoms with Crippen LogP contribution < -0.4 is 9.47 Å². The van der Waals surface area contributed by atoms with Gasteiger partial charge in [-0.3, -0.25) is 4.79 Å². The van der Waals surface area contributed by atoms with Crippen LogP contribution in [0.1, 0.15) is 12.5 Å². The third-order valence-corrected chi connectivity index (χ3v) is 2.56. The van der Waals surface area contributed by atoms with Crippen LogP contribution in [0.5, 0.6) is 11.5 Å². The standard InChI is InChI=1S/C15H18N2O3/c1-5-20-14-9-11(6-7-13(14)19-4)8-12(10-16)15(18)17(2)3/h6-9H,5H2,1-4H3/b12-8+. The van der Waals surface area contributed by atoms with E-state index in [2.05, 4.69) is 0 Å². The summed E-state index contributed by atoms with van der Waals surface area (Å²) in [6, 6.07) is 7.16. The van der Waals surface area contributed by atoms with Crippen molar-refractivity contribution in [2.75, 3.05) is 27.8 Å². The van der Waals surface area contributed by atoms with Crippen LogP contribution in [0.2, 0.25) is 0 Å². The summed E-state index contributed by atoms with van der Waals surface area (Å²) in [6.07, 6.45) is 1.53. The van der Waals surface area contributed by atoms with Crippen LogP contribution in [-0.2, 0) is 4.79 Å². The first-order chi connectivity index (χ1) is 9.53. The molecule has 5 heteroatoms. The van der Waals surface area contributed by atoms with E-state index in [-0.39, 0.29) is 11.5 Å². The van der Waals surface area contributed by atoms with E-state index in [0.29, 0.717) is 23.7 Å².